The Labute approximate surface area is 122 Å². The molecule has 0 bridgehead atoms. The van der Waals surface area contributed by atoms with Crippen LogP contribution in [-0.2, 0) is 5.41 Å². The normalized spacial score (nSPS) is 11.7. The van der Waals surface area contributed by atoms with Crippen LogP contribution in [0.4, 0.5) is 0 Å². The van der Waals surface area contributed by atoms with Gasteiger partial charge in [-0.25, -0.2) is 9.36 Å². The SMILES string of the molecule is Cc1c(Cl)[nH]c(=O)n(-c2ccccc2C(C)(C)C)c1=O. The Bertz CT molecular complexity index is 767. The Kier molecular flexibility index (Phi) is 3.61. The number of hydrogen-bond donors (Lipinski definition) is 1. The van der Waals surface area contributed by atoms with Crippen molar-refractivity contribution < 1.29 is 0 Å². The highest BCUT2D eigenvalue weighted by Crippen LogP contribution is 2.27. The molecule has 1 N–H and O–H groups in total. The van der Waals surface area contributed by atoms with E-state index in [2.05, 4.69) is 4.98 Å². The van der Waals surface area contributed by atoms with Crippen molar-refractivity contribution in [2.24, 2.45) is 0 Å². The molecule has 0 fully saturated rings. The monoisotopic (exact) mass is 292 g/mol. The molecule has 0 amide bonds. The van der Waals surface area contributed by atoms with Gasteiger partial charge in [0.15, 0.2) is 0 Å². The molecule has 5 heteroatoms. The third-order valence-corrected chi connectivity index (χ3v) is 3.60. The zero-order valence-electron chi connectivity index (χ0n) is 12.0. The number of hydrogen-bond acceptors (Lipinski definition) is 2. The third kappa shape index (κ3) is 2.43. The summed E-state index contributed by atoms with van der Waals surface area (Å²) in [7, 11) is 0. The lowest BCUT2D eigenvalue weighted by Crippen LogP contribution is -2.36. The van der Waals surface area contributed by atoms with Crippen molar-refractivity contribution in [3.63, 3.8) is 0 Å². The van der Waals surface area contributed by atoms with Crippen LogP contribution in [0.5, 0.6) is 0 Å². The quantitative estimate of drug-likeness (QED) is 0.822. The molecular weight excluding hydrogens is 276 g/mol. The van der Waals surface area contributed by atoms with E-state index < -0.39 is 11.2 Å². The highest BCUT2D eigenvalue weighted by atomic mass is 35.5. The van der Waals surface area contributed by atoms with Crippen LogP contribution in [0.1, 0.15) is 31.9 Å². The number of aromatic amines is 1. The van der Waals surface area contributed by atoms with Crippen LogP contribution in [0.2, 0.25) is 5.15 Å². The van der Waals surface area contributed by atoms with Gasteiger partial charge in [-0.2, -0.15) is 0 Å². The fourth-order valence-corrected chi connectivity index (χ4v) is 2.28. The van der Waals surface area contributed by atoms with Crippen molar-refractivity contribution in [1.29, 1.82) is 0 Å². The van der Waals surface area contributed by atoms with Gasteiger partial charge in [0.1, 0.15) is 5.15 Å². The first kappa shape index (κ1) is 14.6. The summed E-state index contributed by atoms with van der Waals surface area (Å²) in [4.78, 5) is 27.0. The van der Waals surface area contributed by atoms with Crippen LogP contribution in [-0.4, -0.2) is 9.55 Å². The number of benzene rings is 1. The minimum Gasteiger partial charge on any atom is -0.297 e. The van der Waals surface area contributed by atoms with E-state index in [-0.39, 0.29) is 10.6 Å². The fraction of sp³-hybridized carbons (Fsp3) is 0.333. The molecule has 2 rings (SSSR count). The Morgan fingerprint density at radius 2 is 1.75 bits per heavy atom. The van der Waals surface area contributed by atoms with Gasteiger partial charge in [-0.15, -0.1) is 0 Å². The molecule has 0 saturated carbocycles. The average molecular weight is 293 g/mol. The van der Waals surface area contributed by atoms with E-state index >= 15 is 0 Å². The molecule has 4 nitrogen and oxygen atoms in total. The molecule has 2 aromatic rings. The molecule has 0 aliphatic heterocycles. The van der Waals surface area contributed by atoms with Crippen molar-refractivity contribution in [3.05, 3.63) is 61.4 Å². The van der Waals surface area contributed by atoms with Crippen LogP contribution in [0.15, 0.2) is 33.9 Å². The summed E-state index contributed by atoms with van der Waals surface area (Å²) in [6, 6.07) is 7.39. The van der Waals surface area contributed by atoms with E-state index in [9.17, 15) is 9.59 Å². The van der Waals surface area contributed by atoms with Crippen LogP contribution in [0.3, 0.4) is 0 Å². The van der Waals surface area contributed by atoms with Gasteiger partial charge in [0.2, 0.25) is 0 Å². The van der Waals surface area contributed by atoms with Gasteiger partial charge in [-0.3, -0.25) is 9.78 Å². The Morgan fingerprint density at radius 3 is 2.35 bits per heavy atom. The van der Waals surface area contributed by atoms with Crippen LogP contribution >= 0.6 is 11.6 Å². The molecule has 0 aliphatic rings. The van der Waals surface area contributed by atoms with Gasteiger partial charge >= 0.3 is 5.69 Å². The van der Waals surface area contributed by atoms with Gasteiger partial charge < -0.3 is 0 Å². The van der Waals surface area contributed by atoms with E-state index in [1.807, 2.05) is 32.9 Å². The number of aromatic nitrogens is 2. The minimum absolute atomic E-state index is 0.0875. The second-order valence-corrected chi connectivity index (χ2v) is 6.15. The minimum atomic E-state index is -0.526. The molecular formula is C15H17ClN2O2. The second-order valence-electron chi connectivity index (χ2n) is 5.78. The molecule has 1 aromatic heterocycles. The summed E-state index contributed by atoms with van der Waals surface area (Å²) in [5.41, 5.74) is 0.740. The number of rotatable bonds is 1. The van der Waals surface area contributed by atoms with Crippen molar-refractivity contribution in [3.8, 4) is 5.69 Å². The molecule has 1 aromatic carbocycles. The number of halogens is 1. The third-order valence-electron chi connectivity index (χ3n) is 3.23. The maximum absolute atomic E-state index is 12.3. The van der Waals surface area contributed by atoms with Crippen LogP contribution < -0.4 is 11.2 Å². The Morgan fingerprint density at radius 1 is 1.15 bits per heavy atom. The van der Waals surface area contributed by atoms with E-state index in [0.717, 1.165) is 10.1 Å². The predicted octanol–water partition coefficient (Wildman–Crippen LogP) is 2.79. The Hall–Kier alpha value is -1.81. The molecule has 0 spiro atoms. The zero-order valence-corrected chi connectivity index (χ0v) is 12.7. The van der Waals surface area contributed by atoms with Crippen molar-refractivity contribution in [2.75, 3.05) is 0 Å². The summed E-state index contributed by atoms with van der Waals surface area (Å²) < 4.78 is 1.14. The maximum atomic E-state index is 12.3. The molecule has 0 radical (unpaired) electrons. The van der Waals surface area contributed by atoms with Crippen molar-refractivity contribution >= 4 is 11.6 Å². The lowest BCUT2D eigenvalue weighted by Gasteiger charge is -2.23. The molecule has 0 aliphatic carbocycles. The van der Waals surface area contributed by atoms with E-state index in [0.29, 0.717) is 11.3 Å². The summed E-state index contributed by atoms with van der Waals surface area (Å²) in [6.07, 6.45) is 0. The lowest BCUT2D eigenvalue weighted by atomic mass is 9.86. The fourth-order valence-electron chi connectivity index (χ4n) is 2.12. The molecule has 0 atom stereocenters. The lowest BCUT2D eigenvalue weighted by molar-refractivity contribution is 0.584. The van der Waals surface area contributed by atoms with Gasteiger partial charge in [-0.05, 0) is 24.0 Å². The summed E-state index contributed by atoms with van der Waals surface area (Å²) in [5, 5.41) is 0.0875. The summed E-state index contributed by atoms with van der Waals surface area (Å²) >= 11 is 5.84. The smallest absolute Gasteiger partial charge is 0.297 e. The first-order chi connectivity index (χ1) is 9.23. The highest BCUT2D eigenvalue weighted by molar-refractivity contribution is 6.30. The number of nitrogens with zero attached hydrogens (tertiary/aromatic N) is 1. The number of nitrogens with one attached hydrogen (secondary N) is 1. The van der Waals surface area contributed by atoms with E-state index in [1.54, 1.807) is 19.1 Å². The van der Waals surface area contributed by atoms with Crippen LogP contribution in [0, 0.1) is 6.92 Å². The number of H-pyrrole nitrogens is 1. The molecule has 0 saturated heterocycles. The predicted molar refractivity (Wildman–Crippen MR) is 81.1 cm³/mol. The van der Waals surface area contributed by atoms with E-state index in [4.69, 9.17) is 11.6 Å². The molecule has 106 valence electrons. The number of para-hydroxylation sites is 1. The zero-order chi connectivity index (χ0) is 15.1. The van der Waals surface area contributed by atoms with Gasteiger partial charge in [0, 0.05) is 0 Å². The first-order valence-corrected chi connectivity index (χ1v) is 6.72. The topological polar surface area (TPSA) is 54.9 Å². The molecule has 20 heavy (non-hydrogen) atoms. The summed E-state index contributed by atoms with van der Waals surface area (Å²) in [5.74, 6) is 0. The van der Waals surface area contributed by atoms with Gasteiger partial charge in [-0.1, -0.05) is 50.6 Å². The Balaban J connectivity index is 2.88. The second kappa shape index (κ2) is 4.94. The van der Waals surface area contributed by atoms with Crippen LogP contribution in [0.25, 0.3) is 5.69 Å². The van der Waals surface area contributed by atoms with Crippen molar-refractivity contribution in [2.45, 2.75) is 33.1 Å². The van der Waals surface area contributed by atoms with Gasteiger partial charge in [0.25, 0.3) is 5.56 Å². The molecule has 0 unspecified atom stereocenters. The largest absolute Gasteiger partial charge is 0.334 e. The standard InChI is InChI=1S/C15H17ClN2O2/c1-9-12(16)17-14(20)18(13(9)19)11-8-6-5-7-10(11)15(2,3)4/h5-8H,1-4H3,(H,17,20). The highest BCUT2D eigenvalue weighted by Gasteiger charge is 2.21. The maximum Gasteiger partial charge on any atom is 0.334 e. The van der Waals surface area contributed by atoms with E-state index in [1.165, 1.54) is 0 Å². The summed E-state index contributed by atoms with van der Waals surface area (Å²) in [6.45, 7) is 7.70. The molecule has 1 heterocycles. The average Bonchev–Trinajstić information content (AvgIpc) is 2.35. The van der Waals surface area contributed by atoms with Gasteiger partial charge in [0.05, 0.1) is 11.3 Å². The first-order valence-electron chi connectivity index (χ1n) is 6.35. The van der Waals surface area contributed by atoms with Crippen molar-refractivity contribution in [1.82, 2.24) is 9.55 Å².